The van der Waals surface area contributed by atoms with Gasteiger partial charge in [-0.15, -0.1) is 0 Å². The SMILES string of the molecule is COCC(C)N(C)S(=O)(=O)c1cc(CN)n(C)c1. The summed E-state index contributed by atoms with van der Waals surface area (Å²) in [7, 11) is 1.38. The van der Waals surface area contributed by atoms with Crippen LogP contribution in [0.15, 0.2) is 17.2 Å². The number of methoxy groups -OCH3 is 1. The van der Waals surface area contributed by atoms with Crippen molar-refractivity contribution in [2.45, 2.75) is 24.4 Å². The van der Waals surface area contributed by atoms with Gasteiger partial charge in [-0.25, -0.2) is 8.42 Å². The second kappa shape index (κ2) is 5.83. The smallest absolute Gasteiger partial charge is 0.244 e. The van der Waals surface area contributed by atoms with Gasteiger partial charge in [0, 0.05) is 45.7 Å². The molecule has 1 rings (SSSR count). The van der Waals surface area contributed by atoms with E-state index in [0.29, 0.717) is 13.2 Å². The van der Waals surface area contributed by atoms with Gasteiger partial charge in [0.25, 0.3) is 0 Å². The Balaban J connectivity index is 3.05. The first-order chi connectivity index (χ1) is 8.34. The molecule has 18 heavy (non-hydrogen) atoms. The maximum atomic E-state index is 12.3. The molecule has 0 aromatic carbocycles. The maximum absolute atomic E-state index is 12.3. The van der Waals surface area contributed by atoms with Crippen LogP contribution in [0.1, 0.15) is 12.6 Å². The Labute approximate surface area is 108 Å². The summed E-state index contributed by atoms with van der Waals surface area (Å²) in [5, 5.41) is 0. The molecule has 1 unspecified atom stereocenters. The van der Waals surface area contributed by atoms with Gasteiger partial charge in [0.1, 0.15) is 4.90 Å². The van der Waals surface area contributed by atoms with Crippen LogP contribution >= 0.6 is 0 Å². The van der Waals surface area contributed by atoms with Crippen molar-refractivity contribution in [1.82, 2.24) is 8.87 Å². The molecule has 0 saturated carbocycles. The molecule has 6 nitrogen and oxygen atoms in total. The molecular weight excluding hydrogens is 254 g/mol. The minimum absolute atomic E-state index is 0.221. The lowest BCUT2D eigenvalue weighted by molar-refractivity contribution is 0.149. The average molecular weight is 275 g/mol. The molecule has 0 aliphatic carbocycles. The molecule has 0 fully saturated rings. The van der Waals surface area contributed by atoms with Crippen LogP contribution in [-0.4, -0.2) is 44.1 Å². The number of nitrogens with two attached hydrogens (primary N) is 1. The van der Waals surface area contributed by atoms with Crippen LogP contribution in [0.25, 0.3) is 0 Å². The predicted octanol–water partition coefficient (Wildman–Crippen LogP) is 0.139. The summed E-state index contributed by atoms with van der Waals surface area (Å²) in [6.45, 7) is 2.46. The first-order valence-corrected chi connectivity index (χ1v) is 7.10. The zero-order valence-corrected chi connectivity index (χ0v) is 12.1. The van der Waals surface area contributed by atoms with Gasteiger partial charge in [-0.05, 0) is 13.0 Å². The van der Waals surface area contributed by atoms with E-state index in [1.54, 1.807) is 45.0 Å². The van der Waals surface area contributed by atoms with Crippen molar-refractivity contribution in [2.75, 3.05) is 20.8 Å². The third kappa shape index (κ3) is 2.92. The Bertz CT molecular complexity index is 496. The van der Waals surface area contributed by atoms with E-state index in [1.165, 1.54) is 4.31 Å². The Hall–Kier alpha value is -0.890. The van der Waals surface area contributed by atoms with E-state index < -0.39 is 10.0 Å². The van der Waals surface area contributed by atoms with Crippen molar-refractivity contribution in [1.29, 1.82) is 0 Å². The molecule has 0 bridgehead atoms. The lowest BCUT2D eigenvalue weighted by Crippen LogP contribution is -2.37. The van der Waals surface area contributed by atoms with E-state index in [1.807, 2.05) is 0 Å². The predicted molar refractivity (Wildman–Crippen MR) is 69.6 cm³/mol. The Morgan fingerprint density at radius 2 is 2.17 bits per heavy atom. The van der Waals surface area contributed by atoms with Crippen LogP contribution < -0.4 is 5.73 Å². The standard InChI is InChI=1S/C11H21N3O3S/c1-9(8-17-4)14(3)18(15,16)11-5-10(6-12)13(2)7-11/h5,7,9H,6,8,12H2,1-4H3. The normalized spacial score (nSPS) is 14.1. The van der Waals surface area contributed by atoms with E-state index >= 15 is 0 Å². The molecule has 1 aromatic rings. The molecule has 0 aliphatic heterocycles. The van der Waals surface area contributed by atoms with Crippen LogP contribution in [0.3, 0.4) is 0 Å². The number of aryl methyl sites for hydroxylation is 1. The monoisotopic (exact) mass is 275 g/mol. The molecule has 7 heteroatoms. The van der Waals surface area contributed by atoms with Gasteiger partial charge >= 0.3 is 0 Å². The number of sulfonamides is 1. The van der Waals surface area contributed by atoms with Gasteiger partial charge in [-0.1, -0.05) is 0 Å². The summed E-state index contributed by atoms with van der Waals surface area (Å²) in [5.41, 5.74) is 6.32. The van der Waals surface area contributed by atoms with E-state index in [-0.39, 0.29) is 10.9 Å². The number of nitrogens with zero attached hydrogens (tertiary/aromatic N) is 2. The van der Waals surface area contributed by atoms with Crippen LogP contribution in [0, 0.1) is 0 Å². The largest absolute Gasteiger partial charge is 0.383 e. The molecule has 1 atom stereocenters. The van der Waals surface area contributed by atoms with Crippen LogP contribution in [0.2, 0.25) is 0 Å². The van der Waals surface area contributed by atoms with E-state index in [2.05, 4.69) is 0 Å². The van der Waals surface area contributed by atoms with Crippen molar-refractivity contribution in [3.63, 3.8) is 0 Å². The van der Waals surface area contributed by atoms with Gasteiger partial charge < -0.3 is 15.0 Å². The molecule has 0 saturated heterocycles. The van der Waals surface area contributed by atoms with Crippen LogP contribution in [0.5, 0.6) is 0 Å². The zero-order valence-electron chi connectivity index (χ0n) is 11.3. The Morgan fingerprint density at radius 3 is 2.61 bits per heavy atom. The number of hydrogen-bond donors (Lipinski definition) is 1. The molecule has 2 N–H and O–H groups in total. The van der Waals surface area contributed by atoms with Gasteiger partial charge in [0.05, 0.1) is 6.61 Å². The van der Waals surface area contributed by atoms with E-state index in [9.17, 15) is 8.42 Å². The summed E-state index contributed by atoms with van der Waals surface area (Å²) in [6, 6.07) is 1.38. The summed E-state index contributed by atoms with van der Waals surface area (Å²) >= 11 is 0. The van der Waals surface area contributed by atoms with Crippen molar-refractivity contribution in [2.24, 2.45) is 12.8 Å². The van der Waals surface area contributed by atoms with Crippen LogP contribution in [-0.2, 0) is 28.4 Å². The highest BCUT2D eigenvalue weighted by Crippen LogP contribution is 2.19. The molecule has 0 amide bonds. The van der Waals surface area contributed by atoms with Crippen molar-refractivity contribution >= 4 is 10.0 Å². The van der Waals surface area contributed by atoms with E-state index in [0.717, 1.165) is 5.69 Å². The third-order valence-corrected chi connectivity index (χ3v) is 4.93. The number of hydrogen-bond acceptors (Lipinski definition) is 4. The number of likely N-dealkylation sites (N-methyl/N-ethyl adjacent to an activating group) is 1. The topological polar surface area (TPSA) is 77.6 Å². The summed E-state index contributed by atoms with van der Waals surface area (Å²) in [4.78, 5) is 0.260. The van der Waals surface area contributed by atoms with Gasteiger partial charge in [-0.2, -0.15) is 4.31 Å². The van der Waals surface area contributed by atoms with Gasteiger partial charge in [-0.3, -0.25) is 0 Å². The quantitative estimate of drug-likeness (QED) is 0.801. The fourth-order valence-electron chi connectivity index (χ4n) is 1.67. The lowest BCUT2D eigenvalue weighted by atomic mass is 10.4. The number of rotatable bonds is 6. The third-order valence-electron chi connectivity index (χ3n) is 3.00. The van der Waals surface area contributed by atoms with Gasteiger partial charge in [0.15, 0.2) is 0 Å². The van der Waals surface area contributed by atoms with Crippen molar-refractivity contribution in [3.8, 4) is 0 Å². The van der Waals surface area contributed by atoms with Crippen LogP contribution in [0.4, 0.5) is 0 Å². The molecule has 0 radical (unpaired) electrons. The highest BCUT2D eigenvalue weighted by molar-refractivity contribution is 7.89. The molecule has 0 aliphatic rings. The number of ether oxygens (including phenoxy) is 1. The minimum atomic E-state index is -3.50. The van der Waals surface area contributed by atoms with Crippen molar-refractivity contribution in [3.05, 3.63) is 18.0 Å². The highest BCUT2D eigenvalue weighted by atomic mass is 32.2. The number of aromatic nitrogens is 1. The second-order valence-corrected chi connectivity index (χ2v) is 6.31. The molecular formula is C11H21N3O3S. The Kier molecular flexibility index (Phi) is 4.92. The first kappa shape index (κ1) is 15.2. The molecule has 104 valence electrons. The highest BCUT2D eigenvalue weighted by Gasteiger charge is 2.26. The molecule has 1 heterocycles. The summed E-state index contributed by atoms with van der Waals surface area (Å²) < 4.78 is 32.7. The molecule has 0 spiro atoms. The maximum Gasteiger partial charge on any atom is 0.244 e. The zero-order chi connectivity index (χ0) is 13.9. The fourth-order valence-corrected chi connectivity index (χ4v) is 3.11. The Morgan fingerprint density at radius 1 is 1.56 bits per heavy atom. The fraction of sp³-hybridized carbons (Fsp3) is 0.636. The van der Waals surface area contributed by atoms with Crippen molar-refractivity contribution < 1.29 is 13.2 Å². The minimum Gasteiger partial charge on any atom is -0.383 e. The van der Waals surface area contributed by atoms with E-state index in [4.69, 9.17) is 10.5 Å². The second-order valence-electron chi connectivity index (χ2n) is 4.31. The summed E-state index contributed by atoms with van der Waals surface area (Å²) in [5.74, 6) is 0. The average Bonchev–Trinajstić information content (AvgIpc) is 2.70. The molecule has 1 aromatic heterocycles. The first-order valence-electron chi connectivity index (χ1n) is 5.66. The van der Waals surface area contributed by atoms with Gasteiger partial charge in [0.2, 0.25) is 10.0 Å². The summed E-state index contributed by atoms with van der Waals surface area (Å²) in [6.07, 6.45) is 1.58. The lowest BCUT2D eigenvalue weighted by Gasteiger charge is -2.22.